The lowest BCUT2D eigenvalue weighted by molar-refractivity contribution is 0.235. The van der Waals surface area contributed by atoms with Gasteiger partial charge in [0.15, 0.2) is 0 Å². The number of rotatable bonds is 1. The highest BCUT2D eigenvalue weighted by atomic mass is 19.1. The normalized spacial score (nSPS) is 19.1. The summed E-state index contributed by atoms with van der Waals surface area (Å²) >= 11 is 0. The van der Waals surface area contributed by atoms with E-state index in [1.807, 2.05) is 0 Å². The third-order valence-electron chi connectivity index (χ3n) is 3.03. The monoisotopic (exact) mass is 197 g/mol. The van der Waals surface area contributed by atoms with Gasteiger partial charge in [-0.15, -0.1) is 0 Å². The molecule has 0 saturated heterocycles. The van der Waals surface area contributed by atoms with Crippen LogP contribution in [0.1, 0.15) is 30.4 Å². The van der Waals surface area contributed by atoms with Crippen LogP contribution < -0.4 is 5.73 Å². The molecule has 1 saturated carbocycles. The molecule has 0 bridgehead atoms. The van der Waals surface area contributed by atoms with Crippen LogP contribution in [0.15, 0.2) is 12.1 Å². The van der Waals surface area contributed by atoms with Gasteiger partial charge in [-0.05, 0) is 37.8 Å². The van der Waals surface area contributed by atoms with Gasteiger partial charge in [0, 0.05) is 11.1 Å². The third kappa shape index (κ3) is 1.23. The van der Waals surface area contributed by atoms with Gasteiger partial charge in [0.25, 0.3) is 0 Å². The fourth-order valence-electron chi connectivity index (χ4n) is 1.92. The lowest BCUT2D eigenvalue weighted by Crippen LogP contribution is -2.45. The largest absolute Gasteiger partial charge is 0.321 e. The first-order valence-corrected chi connectivity index (χ1v) is 4.78. The summed E-state index contributed by atoms with van der Waals surface area (Å²) in [5.74, 6) is -0.998. The van der Waals surface area contributed by atoms with E-state index < -0.39 is 17.2 Å². The number of nitrogens with two attached hydrogens (primary N) is 1. The smallest absolute Gasteiger partial charge is 0.134 e. The molecule has 1 aromatic rings. The predicted molar refractivity (Wildman–Crippen MR) is 50.8 cm³/mol. The maximum absolute atomic E-state index is 13.7. The summed E-state index contributed by atoms with van der Waals surface area (Å²) in [6.45, 7) is 1.63. The molecule has 0 atom stereocenters. The van der Waals surface area contributed by atoms with Crippen molar-refractivity contribution in [2.75, 3.05) is 0 Å². The predicted octanol–water partition coefficient (Wildman–Crippen LogP) is 2.61. The van der Waals surface area contributed by atoms with E-state index >= 15 is 0 Å². The average molecular weight is 197 g/mol. The quantitative estimate of drug-likeness (QED) is 0.735. The molecule has 1 aromatic carbocycles. The van der Waals surface area contributed by atoms with E-state index in [4.69, 9.17) is 5.73 Å². The molecule has 0 radical (unpaired) electrons. The Morgan fingerprint density at radius 2 is 1.93 bits per heavy atom. The fourth-order valence-corrected chi connectivity index (χ4v) is 1.92. The Morgan fingerprint density at radius 3 is 2.43 bits per heavy atom. The van der Waals surface area contributed by atoms with Crippen molar-refractivity contribution in [1.29, 1.82) is 0 Å². The summed E-state index contributed by atoms with van der Waals surface area (Å²) in [5.41, 5.74) is 5.68. The van der Waals surface area contributed by atoms with E-state index in [1.54, 1.807) is 6.92 Å². The van der Waals surface area contributed by atoms with Gasteiger partial charge in [0.1, 0.15) is 11.6 Å². The molecular weight excluding hydrogens is 184 g/mol. The molecule has 0 unspecified atom stereocenters. The van der Waals surface area contributed by atoms with Gasteiger partial charge in [-0.2, -0.15) is 0 Å². The number of hydrogen-bond acceptors (Lipinski definition) is 1. The second kappa shape index (κ2) is 3.02. The highest BCUT2D eigenvalue weighted by molar-refractivity contribution is 5.33. The standard InChI is InChI=1S/C11H13F2N/c1-7-3-4-8(12)9(10(7)13)11(14)5-2-6-11/h3-4H,2,5-6,14H2,1H3. The minimum absolute atomic E-state index is 0.0729. The highest BCUT2D eigenvalue weighted by Crippen LogP contribution is 2.41. The zero-order valence-electron chi connectivity index (χ0n) is 8.11. The number of aryl methyl sites for hydroxylation is 1. The van der Waals surface area contributed by atoms with E-state index in [9.17, 15) is 8.78 Å². The van der Waals surface area contributed by atoms with E-state index in [1.165, 1.54) is 12.1 Å². The Morgan fingerprint density at radius 1 is 1.29 bits per heavy atom. The maximum atomic E-state index is 13.7. The molecule has 2 rings (SSSR count). The molecule has 0 heterocycles. The SMILES string of the molecule is Cc1ccc(F)c(C2(N)CCC2)c1F. The van der Waals surface area contributed by atoms with Crippen LogP contribution in [0.2, 0.25) is 0 Å². The van der Waals surface area contributed by atoms with E-state index in [-0.39, 0.29) is 5.56 Å². The van der Waals surface area contributed by atoms with Crippen LogP contribution in [0.25, 0.3) is 0 Å². The molecule has 0 aromatic heterocycles. The maximum Gasteiger partial charge on any atom is 0.134 e. The third-order valence-corrected chi connectivity index (χ3v) is 3.03. The van der Waals surface area contributed by atoms with Gasteiger partial charge < -0.3 is 5.73 Å². The van der Waals surface area contributed by atoms with Gasteiger partial charge in [-0.3, -0.25) is 0 Å². The molecule has 1 aliphatic carbocycles. The second-order valence-corrected chi connectivity index (χ2v) is 4.06. The Bertz CT molecular complexity index is 370. The van der Waals surface area contributed by atoms with Crippen LogP contribution in [0.3, 0.4) is 0 Å². The van der Waals surface area contributed by atoms with Crippen molar-refractivity contribution in [3.63, 3.8) is 0 Å². The van der Waals surface area contributed by atoms with E-state index in [2.05, 4.69) is 0 Å². The molecule has 14 heavy (non-hydrogen) atoms. The minimum Gasteiger partial charge on any atom is -0.321 e. The summed E-state index contributed by atoms with van der Waals surface area (Å²) in [7, 11) is 0. The van der Waals surface area contributed by atoms with Gasteiger partial charge in [0.2, 0.25) is 0 Å². The van der Waals surface area contributed by atoms with Crippen molar-refractivity contribution < 1.29 is 8.78 Å². The minimum atomic E-state index is -0.764. The molecule has 0 aliphatic heterocycles. The average Bonchev–Trinajstić information content (AvgIpc) is 2.09. The molecule has 3 heteroatoms. The van der Waals surface area contributed by atoms with Crippen LogP contribution >= 0.6 is 0 Å². The van der Waals surface area contributed by atoms with Gasteiger partial charge in [0.05, 0.1) is 0 Å². The van der Waals surface area contributed by atoms with Crippen LogP contribution in [0.5, 0.6) is 0 Å². The first kappa shape index (κ1) is 9.59. The lowest BCUT2D eigenvalue weighted by atomic mass is 9.72. The second-order valence-electron chi connectivity index (χ2n) is 4.06. The molecule has 1 fully saturated rings. The van der Waals surface area contributed by atoms with Crippen LogP contribution in [-0.2, 0) is 5.54 Å². The van der Waals surface area contributed by atoms with Crippen molar-refractivity contribution in [3.8, 4) is 0 Å². The molecule has 0 amide bonds. The molecule has 1 nitrogen and oxygen atoms in total. The van der Waals surface area contributed by atoms with Crippen molar-refractivity contribution in [1.82, 2.24) is 0 Å². The van der Waals surface area contributed by atoms with Crippen molar-refractivity contribution in [3.05, 3.63) is 34.9 Å². The lowest BCUT2D eigenvalue weighted by Gasteiger charge is -2.39. The van der Waals surface area contributed by atoms with Crippen molar-refractivity contribution >= 4 is 0 Å². The summed E-state index contributed by atoms with van der Waals surface area (Å²) < 4.78 is 27.1. The highest BCUT2D eigenvalue weighted by Gasteiger charge is 2.39. The van der Waals surface area contributed by atoms with E-state index in [0.29, 0.717) is 18.4 Å². The number of hydrogen-bond donors (Lipinski definition) is 1. The van der Waals surface area contributed by atoms with Crippen LogP contribution in [0, 0.1) is 18.6 Å². The summed E-state index contributed by atoms with van der Waals surface area (Å²) in [6, 6.07) is 2.73. The molecule has 1 aliphatic rings. The number of benzene rings is 1. The van der Waals surface area contributed by atoms with Gasteiger partial charge >= 0.3 is 0 Å². The fraction of sp³-hybridized carbons (Fsp3) is 0.455. The zero-order chi connectivity index (χ0) is 10.3. The molecule has 0 spiro atoms. The van der Waals surface area contributed by atoms with Crippen LogP contribution in [0.4, 0.5) is 8.78 Å². The zero-order valence-corrected chi connectivity index (χ0v) is 8.11. The Hall–Kier alpha value is -0.960. The topological polar surface area (TPSA) is 26.0 Å². The van der Waals surface area contributed by atoms with E-state index in [0.717, 1.165) is 6.42 Å². The Kier molecular flexibility index (Phi) is 2.07. The summed E-state index contributed by atoms with van der Waals surface area (Å²) in [6.07, 6.45) is 2.29. The molecular formula is C11H13F2N. The Balaban J connectivity index is 2.56. The van der Waals surface area contributed by atoms with Gasteiger partial charge in [-0.25, -0.2) is 8.78 Å². The molecule has 2 N–H and O–H groups in total. The summed E-state index contributed by atoms with van der Waals surface area (Å²) in [4.78, 5) is 0. The van der Waals surface area contributed by atoms with Gasteiger partial charge in [-0.1, -0.05) is 6.07 Å². The molecule has 76 valence electrons. The summed E-state index contributed by atoms with van der Waals surface area (Å²) in [5, 5.41) is 0. The number of halogens is 2. The van der Waals surface area contributed by atoms with Crippen molar-refractivity contribution in [2.24, 2.45) is 5.73 Å². The Labute approximate surface area is 81.9 Å². The first-order valence-electron chi connectivity index (χ1n) is 4.78. The van der Waals surface area contributed by atoms with Crippen molar-refractivity contribution in [2.45, 2.75) is 31.7 Å². The first-order chi connectivity index (χ1) is 6.54. The van der Waals surface area contributed by atoms with Crippen LogP contribution in [-0.4, -0.2) is 0 Å².